The zero-order valence-electron chi connectivity index (χ0n) is 11.1. The number of unbranched alkanes of at least 4 members (excludes halogenated alkanes) is 2. The molecule has 1 heterocycles. The Labute approximate surface area is 108 Å². The molecule has 1 aromatic heterocycles. The second-order valence-electron chi connectivity index (χ2n) is 4.35. The van der Waals surface area contributed by atoms with Crippen molar-refractivity contribution in [3.05, 3.63) is 30.5 Å². The van der Waals surface area contributed by atoms with Crippen molar-refractivity contribution < 1.29 is 4.74 Å². The number of methoxy groups -OCH3 is 1. The minimum Gasteiger partial charge on any atom is -0.494 e. The van der Waals surface area contributed by atoms with Gasteiger partial charge in [-0.05, 0) is 18.6 Å². The summed E-state index contributed by atoms with van der Waals surface area (Å²) in [6.45, 7) is 3.22. The third-order valence-corrected chi connectivity index (χ3v) is 3.05. The molecular weight excluding hydrogens is 224 g/mol. The minimum atomic E-state index is 0.824. The fourth-order valence-electron chi connectivity index (χ4n) is 2.07. The van der Waals surface area contributed by atoms with Gasteiger partial charge < -0.3 is 10.1 Å². The van der Waals surface area contributed by atoms with Crippen LogP contribution >= 0.6 is 0 Å². The Morgan fingerprint density at radius 1 is 1.22 bits per heavy atom. The van der Waals surface area contributed by atoms with Crippen molar-refractivity contribution in [2.24, 2.45) is 0 Å². The highest BCUT2D eigenvalue weighted by Crippen LogP contribution is 2.28. The van der Waals surface area contributed by atoms with Gasteiger partial charge in [0.1, 0.15) is 11.3 Å². The summed E-state index contributed by atoms with van der Waals surface area (Å²) in [6, 6.07) is 8.04. The molecule has 0 radical (unpaired) electrons. The number of ether oxygens (including phenoxy) is 1. The van der Waals surface area contributed by atoms with Gasteiger partial charge in [0, 0.05) is 23.8 Å². The van der Waals surface area contributed by atoms with E-state index in [0.29, 0.717) is 0 Å². The molecule has 1 N–H and O–H groups in total. The number of rotatable bonds is 6. The summed E-state index contributed by atoms with van der Waals surface area (Å²) in [5.41, 5.74) is 2.05. The number of nitrogens with zero attached hydrogens (tertiary/aromatic N) is 1. The highest BCUT2D eigenvalue weighted by molar-refractivity contribution is 5.94. The van der Waals surface area contributed by atoms with Crippen molar-refractivity contribution in [3.63, 3.8) is 0 Å². The molecule has 2 rings (SSSR count). The first kappa shape index (κ1) is 12.7. The second kappa shape index (κ2) is 6.24. The minimum absolute atomic E-state index is 0.824. The molecule has 0 saturated carbocycles. The molecule has 3 nitrogen and oxygen atoms in total. The summed E-state index contributed by atoms with van der Waals surface area (Å²) >= 11 is 0. The van der Waals surface area contributed by atoms with Crippen LogP contribution in [0.4, 0.5) is 5.69 Å². The van der Waals surface area contributed by atoms with Gasteiger partial charge in [0.2, 0.25) is 0 Å². The van der Waals surface area contributed by atoms with Gasteiger partial charge in [-0.2, -0.15) is 0 Å². The summed E-state index contributed by atoms with van der Waals surface area (Å²) in [5, 5.41) is 4.60. The molecule has 0 unspecified atom stereocenters. The van der Waals surface area contributed by atoms with Crippen LogP contribution in [-0.2, 0) is 0 Å². The van der Waals surface area contributed by atoms with Gasteiger partial charge in [-0.1, -0.05) is 31.9 Å². The highest BCUT2D eigenvalue weighted by atomic mass is 16.5. The number of hydrogen-bond acceptors (Lipinski definition) is 3. The van der Waals surface area contributed by atoms with E-state index in [-0.39, 0.29) is 0 Å². The largest absolute Gasteiger partial charge is 0.494 e. The first-order valence-electron chi connectivity index (χ1n) is 6.52. The molecule has 0 amide bonds. The van der Waals surface area contributed by atoms with E-state index < -0.39 is 0 Å². The fraction of sp³-hybridized carbons (Fsp3) is 0.400. The molecule has 3 heteroatoms. The number of aromatic nitrogens is 1. The Morgan fingerprint density at radius 3 is 2.89 bits per heavy atom. The van der Waals surface area contributed by atoms with Crippen molar-refractivity contribution >= 4 is 16.6 Å². The first-order chi connectivity index (χ1) is 8.86. The molecule has 0 atom stereocenters. The standard InChI is InChI=1S/C15H20N2O/c1-3-4-5-10-16-13-9-11-17-15-12(13)7-6-8-14(15)18-2/h6-9,11H,3-5,10H2,1-2H3,(H,16,17). The van der Waals surface area contributed by atoms with Crippen LogP contribution in [-0.4, -0.2) is 18.6 Å². The second-order valence-corrected chi connectivity index (χ2v) is 4.35. The molecule has 96 valence electrons. The smallest absolute Gasteiger partial charge is 0.145 e. The average molecular weight is 244 g/mol. The highest BCUT2D eigenvalue weighted by Gasteiger charge is 2.05. The van der Waals surface area contributed by atoms with E-state index >= 15 is 0 Å². The van der Waals surface area contributed by atoms with E-state index in [1.807, 2.05) is 24.4 Å². The van der Waals surface area contributed by atoms with E-state index in [0.717, 1.165) is 28.9 Å². The zero-order chi connectivity index (χ0) is 12.8. The number of nitrogens with one attached hydrogen (secondary N) is 1. The van der Waals surface area contributed by atoms with E-state index in [4.69, 9.17) is 4.74 Å². The van der Waals surface area contributed by atoms with E-state index in [2.05, 4.69) is 23.3 Å². The van der Waals surface area contributed by atoms with Crippen molar-refractivity contribution in [2.45, 2.75) is 26.2 Å². The molecule has 0 fully saturated rings. The zero-order valence-corrected chi connectivity index (χ0v) is 11.1. The van der Waals surface area contributed by atoms with Crippen LogP contribution in [0.15, 0.2) is 30.5 Å². The lowest BCUT2D eigenvalue weighted by Crippen LogP contribution is -2.02. The van der Waals surface area contributed by atoms with Crippen LogP contribution in [0.25, 0.3) is 10.9 Å². The van der Waals surface area contributed by atoms with Gasteiger partial charge in [0.05, 0.1) is 7.11 Å². The van der Waals surface area contributed by atoms with E-state index in [1.54, 1.807) is 7.11 Å². The van der Waals surface area contributed by atoms with Crippen LogP contribution in [0.3, 0.4) is 0 Å². The van der Waals surface area contributed by atoms with Crippen LogP contribution in [0.1, 0.15) is 26.2 Å². The topological polar surface area (TPSA) is 34.2 Å². The summed E-state index contributed by atoms with van der Waals surface area (Å²) < 4.78 is 5.34. The maximum atomic E-state index is 5.34. The lowest BCUT2D eigenvalue weighted by Gasteiger charge is -2.10. The van der Waals surface area contributed by atoms with Crippen molar-refractivity contribution in [1.29, 1.82) is 0 Å². The molecule has 0 aliphatic rings. The Hall–Kier alpha value is -1.77. The summed E-state index contributed by atoms with van der Waals surface area (Å²) in [5.74, 6) is 0.824. The van der Waals surface area contributed by atoms with Crippen LogP contribution < -0.4 is 10.1 Å². The summed E-state index contributed by atoms with van der Waals surface area (Å²) in [6.07, 6.45) is 5.53. The number of benzene rings is 1. The predicted octanol–water partition coefficient (Wildman–Crippen LogP) is 3.85. The lowest BCUT2D eigenvalue weighted by atomic mass is 10.1. The third-order valence-electron chi connectivity index (χ3n) is 3.05. The average Bonchev–Trinajstić information content (AvgIpc) is 2.43. The van der Waals surface area contributed by atoms with E-state index in [1.165, 1.54) is 19.3 Å². The van der Waals surface area contributed by atoms with Crippen molar-refractivity contribution in [2.75, 3.05) is 19.0 Å². The van der Waals surface area contributed by atoms with Gasteiger partial charge in [-0.3, -0.25) is 4.98 Å². The van der Waals surface area contributed by atoms with Crippen molar-refractivity contribution in [3.8, 4) is 5.75 Å². The van der Waals surface area contributed by atoms with Gasteiger partial charge >= 0.3 is 0 Å². The van der Waals surface area contributed by atoms with Crippen LogP contribution in [0, 0.1) is 0 Å². The molecule has 1 aromatic carbocycles. The quantitative estimate of drug-likeness (QED) is 0.784. The Morgan fingerprint density at radius 2 is 2.11 bits per heavy atom. The van der Waals surface area contributed by atoms with Gasteiger partial charge in [-0.25, -0.2) is 0 Å². The normalized spacial score (nSPS) is 10.6. The molecule has 0 spiro atoms. The third kappa shape index (κ3) is 2.73. The molecule has 0 aliphatic carbocycles. The van der Waals surface area contributed by atoms with E-state index in [9.17, 15) is 0 Å². The molecule has 0 saturated heterocycles. The monoisotopic (exact) mass is 244 g/mol. The first-order valence-corrected chi connectivity index (χ1v) is 6.52. The Bertz CT molecular complexity index is 511. The van der Waals surface area contributed by atoms with Crippen LogP contribution in [0.5, 0.6) is 5.75 Å². The number of hydrogen-bond donors (Lipinski definition) is 1. The summed E-state index contributed by atoms with van der Waals surface area (Å²) in [4.78, 5) is 4.39. The Kier molecular flexibility index (Phi) is 4.40. The molecule has 0 bridgehead atoms. The SMILES string of the molecule is CCCCCNc1ccnc2c(OC)cccc12. The molecular formula is C15H20N2O. The molecule has 2 aromatic rings. The molecule has 18 heavy (non-hydrogen) atoms. The number of anilines is 1. The Balaban J connectivity index is 2.23. The number of para-hydroxylation sites is 1. The van der Waals surface area contributed by atoms with Crippen LogP contribution in [0.2, 0.25) is 0 Å². The summed E-state index contributed by atoms with van der Waals surface area (Å²) in [7, 11) is 1.68. The maximum absolute atomic E-state index is 5.34. The number of pyridine rings is 1. The molecule has 0 aliphatic heterocycles. The lowest BCUT2D eigenvalue weighted by molar-refractivity contribution is 0.419. The van der Waals surface area contributed by atoms with Gasteiger partial charge in [0.25, 0.3) is 0 Å². The maximum Gasteiger partial charge on any atom is 0.145 e. The van der Waals surface area contributed by atoms with Gasteiger partial charge in [-0.15, -0.1) is 0 Å². The fourth-order valence-corrected chi connectivity index (χ4v) is 2.07. The number of fused-ring (bicyclic) bond motifs is 1. The van der Waals surface area contributed by atoms with Crippen molar-refractivity contribution in [1.82, 2.24) is 4.98 Å². The van der Waals surface area contributed by atoms with Gasteiger partial charge in [0.15, 0.2) is 0 Å². The predicted molar refractivity (Wildman–Crippen MR) is 76.3 cm³/mol.